The predicted octanol–water partition coefficient (Wildman–Crippen LogP) is 3.55. The lowest BCUT2D eigenvalue weighted by Crippen LogP contribution is -2.04. The molecule has 4 fully saturated rings. The van der Waals surface area contributed by atoms with Gasteiger partial charge in [0.15, 0.2) is 11.6 Å². The van der Waals surface area contributed by atoms with Gasteiger partial charge < -0.3 is 0 Å². The number of ketones is 2. The van der Waals surface area contributed by atoms with Crippen LogP contribution in [0.4, 0.5) is 0 Å². The quantitative estimate of drug-likeness (QED) is 0.626. The normalized spacial score (nSPS) is 33.8. The second-order valence-electron chi connectivity index (χ2n) is 5.26. The summed E-state index contributed by atoms with van der Waals surface area (Å²) < 4.78 is 2.43. The van der Waals surface area contributed by atoms with Crippen LogP contribution in [0.15, 0.2) is 19.6 Å². The van der Waals surface area contributed by atoms with Crippen LogP contribution in [0.2, 0.25) is 0 Å². The van der Waals surface area contributed by atoms with Crippen molar-refractivity contribution in [3.05, 3.63) is 19.6 Å². The van der Waals surface area contributed by atoms with Gasteiger partial charge in [0.2, 0.25) is 0 Å². The molecule has 4 aliphatic rings. The summed E-state index contributed by atoms with van der Waals surface area (Å²) in [5.41, 5.74) is 2.00. The number of carbonyl (C=O) groups excluding carboxylic acids is 2. The van der Waals surface area contributed by atoms with Gasteiger partial charge in [-0.05, 0) is 0 Å². The van der Waals surface area contributed by atoms with Crippen molar-refractivity contribution in [3.63, 3.8) is 0 Å². The van der Waals surface area contributed by atoms with Crippen LogP contribution < -0.4 is 0 Å². The third kappa shape index (κ3) is 2.14. The molecule has 0 aromatic carbocycles. The maximum absolute atomic E-state index is 12.4. The van der Waals surface area contributed by atoms with Crippen molar-refractivity contribution in [1.29, 1.82) is 0 Å². The summed E-state index contributed by atoms with van der Waals surface area (Å²) >= 11 is 7.24. The Kier molecular flexibility index (Phi) is 3.77. The molecule has 6 heteroatoms. The van der Waals surface area contributed by atoms with E-state index in [2.05, 4.69) is 0 Å². The first kappa shape index (κ1) is 13.9. The number of hydrogen-bond donors (Lipinski definition) is 0. The van der Waals surface area contributed by atoms with Gasteiger partial charge in [-0.3, -0.25) is 9.59 Å². The van der Waals surface area contributed by atoms with E-state index in [4.69, 9.17) is 0 Å². The molecule has 2 aliphatic heterocycles. The van der Waals surface area contributed by atoms with E-state index in [1.165, 1.54) is 8.47 Å². The van der Waals surface area contributed by atoms with Crippen molar-refractivity contribution in [3.8, 4) is 0 Å². The summed E-state index contributed by atoms with van der Waals surface area (Å²) in [6, 6.07) is 0. The molecule has 0 bridgehead atoms. The average molecular weight is 343 g/mol. The first-order chi connectivity index (χ1) is 9.75. The summed E-state index contributed by atoms with van der Waals surface area (Å²) in [5, 5.41) is 0. The smallest absolute Gasteiger partial charge is 0.161 e. The monoisotopic (exact) mass is 342 g/mol. The molecule has 0 aromatic rings. The second kappa shape index (κ2) is 5.45. The summed E-state index contributed by atoms with van der Waals surface area (Å²) in [7, 11) is 0. The van der Waals surface area contributed by atoms with Gasteiger partial charge >= 0.3 is 0 Å². The highest BCUT2D eigenvalue weighted by atomic mass is 32.2. The zero-order valence-corrected chi connectivity index (χ0v) is 14.1. The molecule has 0 aromatic heterocycles. The Labute approximate surface area is 135 Å². The maximum Gasteiger partial charge on any atom is 0.161 e. The molecule has 2 saturated heterocycles. The molecule has 106 valence electrons. The highest BCUT2D eigenvalue weighted by Gasteiger charge is 2.50. The van der Waals surface area contributed by atoms with Crippen molar-refractivity contribution in [2.24, 2.45) is 11.8 Å². The minimum atomic E-state index is 0.187. The molecular weight excluding hydrogens is 328 g/mol. The van der Waals surface area contributed by atoms with Crippen LogP contribution in [-0.2, 0) is 9.59 Å². The molecule has 2 saturated carbocycles. The Morgan fingerprint density at radius 1 is 0.650 bits per heavy atom. The fourth-order valence-corrected chi connectivity index (χ4v) is 8.81. The van der Waals surface area contributed by atoms with Gasteiger partial charge in [-0.1, -0.05) is 0 Å². The first-order valence-corrected chi connectivity index (χ1v) is 10.8. The SMILES string of the molecule is O=C1C[C@@H]2C(=C3SCCS3)C(=O)C[C@@H]2C1=C1SCCS1. The van der Waals surface area contributed by atoms with Crippen molar-refractivity contribution in [1.82, 2.24) is 0 Å². The largest absolute Gasteiger partial charge is 0.294 e. The fourth-order valence-electron chi connectivity index (χ4n) is 3.39. The number of carbonyl (C=O) groups is 2. The minimum absolute atomic E-state index is 0.187. The topological polar surface area (TPSA) is 34.1 Å². The Morgan fingerprint density at radius 3 is 1.35 bits per heavy atom. The van der Waals surface area contributed by atoms with Crippen LogP contribution >= 0.6 is 47.0 Å². The number of fused-ring (bicyclic) bond motifs is 1. The van der Waals surface area contributed by atoms with E-state index in [0.29, 0.717) is 24.4 Å². The average Bonchev–Trinajstić information content (AvgIpc) is 3.13. The van der Waals surface area contributed by atoms with Gasteiger partial charge in [-0.2, -0.15) is 0 Å². The van der Waals surface area contributed by atoms with Crippen LogP contribution in [0.3, 0.4) is 0 Å². The van der Waals surface area contributed by atoms with E-state index >= 15 is 0 Å². The standard InChI is InChI=1S/C14H14O2S4/c15-9-6-8-7(11(9)13-17-1-2-18-13)5-10(16)12(8)14-19-3-4-20-14/h7-8H,1-6H2/t7-,8-/m0/s1. The lowest BCUT2D eigenvalue weighted by molar-refractivity contribution is -0.115. The molecule has 0 unspecified atom stereocenters. The van der Waals surface area contributed by atoms with Crippen molar-refractivity contribution in [2.75, 3.05) is 23.0 Å². The molecule has 0 radical (unpaired) electrons. The van der Waals surface area contributed by atoms with E-state index in [9.17, 15) is 9.59 Å². The zero-order chi connectivity index (χ0) is 13.7. The van der Waals surface area contributed by atoms with Gasteiger partial charge in [0, 0.05) is 67.3 Å². The van der Waals surface area contributed by atoms with Gasteiger partial charge in [-0.25, -0.2) is 0 Å². The zero-order valence-electron chi connectivity index (χ0n) is 10.8. The van der Waals surface area contributed by atoms with E-state index in [1.807, 2.05) is 47.0 Å². The number of rotatable bonds is 0. The number of allylic oxidation sites excluding steroid dienone is 2. The summed E-state index contributed by atoms with van der Waals surface area (Å²) in [4.78, 5) is 24.8. The lowest BCUT2D eigenvalue weighted by atomic mass is 9.96. The summed E-state index contributed by atoms with van der Waals surface area (Å²) in [5.74, 6) is 5.37. The predicted molar refractivity (Wildman–Crippen MR) is 90.1 cm³/mol. The van der Waals surface area contributed by atoms with Crippen molar-refractivity contribution < 1.29 is 9.59 Å². The van der Waals surface area contributed by atoms with E-state index in [-0.39, 0.29) is 11.8 Å². The van der Waals surface area contributed by atoms with E-state index < -0.39 is 0 Å². The molecule has 4 rings (SSSR count). The number of hydrogen-bond acceptors (Lipinski definition) is 6. The van der Waals surface area contributed by atoms with Gasteiger partial charge in [0.25, 0.3) is 0 Å². The van der Waals surface area contributed by atoms with Crippen molar-refractivity contribution in [2.45, 2.75) is 12.8 Å². The second-order valence-corrected chi connectivity index (χ2v) is 10.2. The molecule has 0 spiro atoms. The molecule has 20 heavy (non-hydrogen) atoms. The van der Waals surface area contributed by atoms with Crippen molar-refractivity contribution >= 4 is 58.6 Å². The lowest BCUT2D eigenvalue weighted by Gasteiger charge is -2.11. The molecule has 0 N–H and O–H groups in total. The van der Waals surface area contributed by atoms with E-state index in [1.54, 1.807) is 0 Å². The highest BCUT2D eigenvalue weighted by molar-refractivity contribution is 8.25. The minimum Gasteiger partial charge on any atom is -0.294 e. The summed E-state index contributed by atoms with van der Waals surface area (Å²) in [6.07, 6.45) is 1.13. The Morgan fingerprint density at radius 2 is 1.00 bits per heavy atom. The highest BCUT2D eigenvalue weighted by Crippen LogP contribution is 2.55. The molecule has 2 nitrogen and oxygen atoms in total. The third-order valence-electron chi connectivity index (χ3n) is 4.18. The Bertz CT molecular complexity index is 498. The molecule has 2 atom stereocenters. The molecule has 2 heterocycles. The Balaban J connectivity index is 1.74. The van der Waals surface area contributed by atoms with Gasteiger partial charge in [0.05, 0.1) is 0 Å². The van der Waals surface area contributed by atoms with Gasteiger partial charge in [0.1, 0.15) is 0 Å². The molecule has 0 amide bonds. The van der Waals surface area contributed by atoms with Crippen LogP contribution in [-0.4, -0.2) is 34.6 Å². The first-order valence-electron chi connectivity index (χ1n) is 6.81. The number of Topliss-reactive ketones (excluding diaryl/α,β-unsaturated/α-hetero) is 2. The van der Waals surface area contributed by atoms with Crippen LogP contribution in [0.25, 0.3) is 0 Å². The van der Waals surface area contributed by atoms with Crippen LogP contribution in [0.5, 0.6) is 0 Å². The van der Waals surface area contributed by atoms with Crippen LogP contribution in [0.1, 0.15) is 12.8 Å². The maximum atomic E-state index is 12.4. The summed E-state index contributed by atoms with van der Waals surface area (Å²) in [6.45, 7) is 0. The Hall–Kier alpha value is 0.220. The fraction of sp³-hybridized carbons (Fsp3) is 0.571. The van der Waals surface area contributed by atoms with Gasteiger partial charge in [-0.15, -0.1) is 47.0 Å². The van der Waals surface area contributed by atoms with Crippen LogP contribution in [0, 0.1) is 11.8 Å². The molecule has 2 aliphatic carbocycles. The molecular formula is C14H14O2S4. The third-order valence-corrected chi connectivity index (χ3v) is 9.67. The van der Waals surface area contributed by atoms with E-state index in [0.717, 1.165) is 34.2 Å². The number of thioether (sulfide) groups is 4.